The van der Waals surface area contributed by atoms with E-state index in [-0.39, 0.29) is 24.0 Å². The molecule has 0 spiro atoms. The van der Waals surface area contributed by atoms with Gasteiger partial charge in [0.2, 0.25) is 5.95 Å². The van der Waals surface area contributed by atoms with Crippen molar-refractivity contribution in [3.05, 3.63) is 51.4 Å². The third kappa shape index (κ3) is 3.67. The number of nitrogens with one attached hydrogen (secondary N) is 2. The maximum absolute atomic E-state index is 12.3. The molecule has 3 aromatic rings. The van der Waals surface area contributed by atoms with Gasteiger partial charge in [0.05, 0.1) is 5.52 Å². The minimum atomic E-state index is -0.221. The maximum atomic E-state index is 12.3. The van der Waals surface area contributed by atoms with Gasteiger partial charge in [-0.05, 0) is 36.8 Å². The van der Waals surface area contributed by atoms with Crippen LogP contribution in [0, 0.1) is 0 Å². The van der Waals surface area contributed by atoms with Crippen LogP contribution in [0.15, 0.2) is 45.8 Å². The second kappa shape index (κ2) is 7.61. The number of aromatic nitrogens is 3. The predicted octanol–water partition coefficient (Wildman–Crippen LogP) is 2.78. The average Bonchev–Trinajstić information content (AvgIpc) is 3.03. The Bertz CT molecular complexity index is 977. The molecule has 0 bridgehead atoms. The Morgan fingerprint density at radius 3 is 2.69 bits per heavy atom. The van der Waals surface area contributed by atoms with Crippen LogP contribution < -0.4 is 21.5 Å². The number of aromatic amines is 1. The number of benzene rings is 1. The molecule has 1 aliphatic heterocycles. The molecule has 3 heterocycles. The Hall–Kier alpha value is -2.16. The van der Waals surface area contributed by atoms with E-state index in [1.807, 2.05) is 24.3 Å². The first-order valence-corrected chi connectivity index (χ1v) is 8.82. The van der Waals surface area contributed by atoms with E-state index in [1.54, 1.807) is 12.3 Å². The Morgan fingerprint density at radius 2 is 2.00 bits per heavy atom. The molecule has 4 N–H and O–H groups in total. The second-order valence-electron chi connectivity index (χ2n) is 6.07. The SMILES string of the molecule is Cl.N[C@H]1CCN(c2nc(Nc3ccc(Br)cc3)c3c(=O)[nH]ccc3n2)C1. The summed E-state index contributed by atoms with van der Waals surface area (Å²) in [6, 6.07) is 9.60. The summed E-state index contributed by atoms with van der Waals surface area (Å²) >= 11 is 3.42. The fraction of sp³-hybridized carbons (Fsp3) is 0.235. The Kier molecular flexibility index (Phi) is 5.45. The lowest BCUT2D eigenvalue weighted by molar-refractivity contribution is 0.750. The van der Waals surface area contributed by atoms with Crippen LogP contribution in [0.1, 0.15) is 6.42 Å². The van der Waals surface area contributed by atoms with Crippen molar-refractivity contribution >= 4 is 56.7 Å². The molecule has 7 nitrogen and oxygen atoms in total. The summed E-state index contributed by atoms with van der Waals surface area (Å²) in [5.74, 6) is 1.08. The van der Waals surface area contributed by atoms with Crippen molar-refractivity contribution in [2.45, 2.75) is 12.5 Å². The van der Waals surface area contributed by atoms with Crippen LogP contribution in [-0.2, 0) is 0 Å². The van der Waals surface area contributed by atoms with Gasteiger partial charge in [0.1, 0.15) is 11.2 Å². The summed E-state index contributed by atoms with van der Waals surface area (Å²) in [4.78, 5) is 26.2. The van der Waals surface area contributed by atoms with Gasteiger partial charge >= 0.3 is 0 Å². The van der Waals surface area contributed by atoms with E-state index in [4.69, 9.17) is 5.73 Å². The molecule has 1 aliphatic rings. The molecule has 1 saturated heterocycles. The van der Waals surface area contributed by atoms with Crippen LogP contribution in [0.4, 0.5) is 17.5 Å². The van der Waals surface area contributed by atoms with Gasteiger partial charge in [0, 0.05) is 35.5 Å². The summed E-state index contributed by atoms with van der Waals surface area (Å²) in [5.41, 5.74) is 7.23. The number of nitrogens with two attached hydrogens (primary N) is 1. The topological polar surface area (TPSA) is 99.9 Å². The van der Waals surface area contributed by atoms with Gasteiger partial charge in [-0.25, -0.2) is 4.98 Å². The Labute approximate surface area is 164 Å². The van der Waals surface area contributed by atoms with Crippen molar-refractivity contribution in [3.63, 3.8) is 0 Å². The van der Waals surface area contributed by atoms with Gasteiger partial charge in [-0.1, -0.05) is 15.9 Å². The number of nitrogens with zero attached hydrogens (tertiary/aromatic N) is 3. The Balaban J connectivity index is 0.00000196. The van der Waals surface area contributed by atoms with E-state index < -0.39 is 0 Å². The third-order valence-corrected chi connectivity index (χ3v) is 4.75. The van der Waals surface area contributed by atoms with Crippen LogP contribution in [0.2, 0.25) is 0 Å². The molecule has 2 aromatic heterocycles. The van der Waals surface area contributed by atoms with E-state index in [2.05, 4.69) is 41.1 Å². The van der Waals surface area contributed by atoms with Gasteiger partial charge < -0.3 is 20.9 Å². The second-order valence-corrected chi connectivity index (χ2v) is 6.98. The van der Waals surface area contributed by atoms with Crippen molar-refractivity contribution in [3.8, 4) is 0 Å². The summed E-state index contributed by atoms with van der Waals surface area (Å²) in [6.45, 7) is 1.53. The summed E-state index contributed by atoms with van der Waals surface area (Å²) in [6.07, 6.45) is 2.51. The molecule has 9 heteroatoms. The molecule has 0 amide bonds. The lowest BCUT2D eigenvalue weighted by Crippen LogP contribution is -2.28. The van der Waals surface area contributed by atoms with Gasteiger partial charge in [-0.2, -0.15) is 4.98 Å². The maximum Gasteiger partial charge on any atom is 0.261 e. The van der Waals surface area contributed by atoms with Crippen molar-refractivity contribution in [1.29, 1.82) is 0 Å². The number of rotatable bonds is 3. The van der Waals surface area contributed by atoms with E-state index in [0.717, 1.165) is 23.1 Å². The lowest BCUT2D eigenvalue weighted by atomic mass is 10.2. The zero-order valence-corrected chi connectivity index (χ0v) is 16.2. The fourth-order valence-corrected chi connectivity index (χ4v) is 3.21. The number of hydrogen-bond acceptors (Lipinski definition) is 6. The van der Waals surface area contributed by atoms with Crippen molar-refractivity contribution in [2.24, 2.45) is 5.73 Å². The largest absolute Gasteiger partial charge is 0.339 e. The van der Waals surface area contributed by atoms with Crippen LogP contribution in [0.3, 0.4) is 0 Å². The highest BCUT2D eigenvalue weighted by Crippen LogP contribution is 2.26. The summed E-state index contributed by atoms with van der Waals surface area (Å²) in [7, 11) is 0. The molecule has 0 saturated carbocycles. The monoisotopic (exact) mass is 436 g/mol. The average molecular weight is 438 g/mol. The number of H-pyrrole nitrogens is 1. The van der Waals surface area contributed by atoms with Crippen molar-refractivity contribution < 1.29 is 0 Å². The predicted molar refractivity (Wildman–Crippen MR) is 110 cm³/mol. The van der Waals surface area contributed by atoms with Gasteiger partial charge in [-0.15, -0.1) is 12.4 Å². The first-order valence-electron chi connectivity index (χ1n) is 8.03. The van der Waals surface area contributed by atoms with Crippen LogP contribution in [0.5, 0.6) is 0 Å². The van der Waals surface area contributed by atoms with Gasteiger partial charge in [0.25, 0.3) is 5.56 Å². The molecule has 1 aromatic carbocycles. The molecule has 26 heavy (non-hydrogen) atoms. The van der Waals surface area contributed by atoms with E-state index in [0.29, 0.717) is 29.2 Å². The zero-order valence-electron chi connectivity index (χ0n) is 13.8. The van der Waals surface area contributed by atoms with E-state index in [1.165, 1.54) is 0 Å². The minimum absolute atomic E-state index is 0. The highest BCUT2D eigenvalue weighted by Gasteiger charge is 2.23. The zero-order chi connectivity index (χ0) is 17.4. The third-order valence-electron chi connectivity index (χ3n) is 4.22. The molecular formula is C17H18BrClN6O. The standard InChI is InChI=1S/C17H17BrN6O.ClH/c18-10-1-3-12(4-2-10)21-15-14-13(5-7-20-16(14)25)22-17(23-15)24-8-6-11(19)9-24;/h1-5,7,11H,6,8-9,19H2,(H,20,25)(H,21,22,23);1H/t11-;/m0./s1. The van der Waals surface area contributed by atoms with Crippen molar-refractivity contribution in [2.75, 3.05) is 23.3 Å². The van der Waals surface area contributed by atoms with Gasteiger partial charge in [-0.3, -0.25) is 4.79 Å². The molecule has 4 rings (SSSR count). The molecule has 0 unspecified atom stereocenters. The summed E-state index contributed by atoms with van der Waals surface area (Å²) in [5, 5.41) is 3.68. The normalized spacial score (nSPS) is 16.5. The van der Waals surface area contributed by atoms with Crippen molar-refractivity contribution in [1.82, 2.24) is 15.0 Å². The highest BCUT2D eigenvalue weighted by molar-refractivity contribution is 9.10. The lowest BCUT2D eigenvalue weighted by Gasteiger charge is -2.18. The molecule has 0 radical (unpaired) electrons. The number of pyridine rings is 1. The van der Waals surface area contributed by atoms with Crippen LogP contribution >= 0.6 is 28.3 Å². The smallest absolute Gasteiger partial charge is 0.261 e. The quantitative estimate of drug-likeness (QED) is 0.582. The van der Waals surface area contributed by atoms with Gasteiger partial charge in [0.15, 0.2) is 0 Å². The van der Waals surface area contributed by atoms with E-state index in [9.17, 15) is 4.79 Å². The number of hydrogen-bond donors (Lipinski definition) is 3. The number of fused-ring (bicyclic) bond motifs is 1. The highest BCUT2D eigenvalue weighted by atomic mass is 79.9. The molecule has 136 valence electrons. The molecule has 1 fully saturated rings. The van der Waals surface area contributed by atoms with Crippen LogP contribution in [-0.4, -0.2) is 34.1 Å². The minimum Gasteiger partial charge on any atom is -0.339 e. The first-order chi connectivity index (χ1) is 12.1. The fourth-order valence-electron chi connectivity index (χ4n) is 2.95. The van der Waals surface area contributed by atoms with E-state index >= 15 is 0 Å². The molecular weight excluding hydrogens is 420 g/mol. The Morgan fingerprint density at radius 1 is 1.23 bits per heavy atom. The molecule has 0 aliphatic carbocycles. The summed E-state index contributed by atoms with van der Waals surface area (Å²) < 4.78 is 0.982. The molecule has 1 atom stereocenters. The first kappa shape index (κ1) is 18.6. The van der Waals surface area contributed by atoms with Crippen LogP contribution in [0.25, 0.3) is 10.9 Å². The number of anilines is 3. The number of halogens is 2.